The molecule has 142 valence electrons. The van der Waals surface area contributed by atoms with Gasteiger partial charge in [0.1, 0.15) is 0 Å². The summed E-state index contributed by atoms with van der Waals surface area (Å²) in [6.45, 7) is 5.07. The normalized spacial score (nSPS) is 14.5. The number of nitrogens with one attached hydrogen (secondary N) is 2. The van der Waals surface area contributed by atoms with Gasteiger partial charge in [-0.15, -0.1) is 0 Å². The van der Waals surface area contributed by atoms with Crippen molar-refractivity contribution in [3.63, 3.8) is 0 Å². The summed E-state index contributed by atoms with van der Waals surface area (Å²) >= 11 is 0. The average molecular weight is 364 g/mol. The Kier molecular flexibility index (Phi) is 6.47. The smallest absolute Gasteiger partial charge is 0.222 e. The van der Waals surface area contributed by atoms with Gasteiger partial charge < -0.3 is 15.5 Å². The molecule has 1 heterocycles. The number of rotatable bonds is 6. The van der Waals surface area contributed by atoms with Crippen molar-refractivity contribution in [3.8, 4) is 0 Å². The molecule has 0 unspecified atom stereocenters. The van der Waals surface area contributed by atoms with Gasteiger partial charge in [0.2, 0.25) is 5.91 Å². The number of hydrogen-bond donors (Lipinski definition) is 2. The molecule has 0 radical (unpaired) electrons. The molecule has 0 saturated carbocycles. The van der Waals surface area contributed by atoms with Crippen LogP contribution in [-0.2, 0) is 24.4 Å². The van der Waals surface area contributed by atoms with E-state index < -0.39 is 0 Å². The Morgan fingerprint density at radius 1 is 1.00 bits per heavy atom. The lowest BCUT2D eigenvalue weighted by atomic mass is 10.1. The SMILES string of the molecule is CN=C(NCc1ccccc1C)NCc1ccccc1CN1CCCC1=O. The fraction of sp³-hybridized carbons (Fsp3) is 0.364. The summed E-state index contributed by atoms with van der Waals surface area (Å²) in [4.78, 5) is 18.2. The van der Waals surface area contributed by atoms with Crippen LogP contribution < -0.4 is 10.6 Å². The van der Waals surface area contributed by atoms with Crippen molar-refractivity contribution >= 4 is 11.9 Å². The number of carbonyl (C=O) groups is 1. The van der Waals surface area contributed by atoms with Crippen molar-refractivity contribution in [1.29, 1.82) is 0 Å². The Bertz CT molecular complexity index is 815. The number of aryl methyl sites for hydroxylation is 1. The molecule has 5 nitrogen and oxygen atoms in total. The van der Waals surface area contributed by atoms with Crippen LogP contribution in [0.1, 0.15) is 35.1 Å². The van der Waals surface area contributed by atoms with E-state index in [1.54, 1.807) is 7.05 Å². The summed E-state index contributed by atoms with van der Waals surface area (Å²) in [5.74, 6) is 1.03. The number of nitrogens with zero attached hydrogens (tertiary/aromatic N) is 2. The predicted octanol–water partition coefficient (Wildman–Crippen LogP) is 2.98. The topological polar surface area (TPSA) is 56.7 Å². The van der Waals surface area contributed by atoms with E-state index in [9.17, 15) is 4.79 Å². The molecule has 27 heavy (non-hydrogen) atoms. The second kappa shape index (κ2) is 9.21. The maximum Gasteiger partial charge on any atom is 0.222 e. The van der Waals surface area contributed by atoms with E-state index in [2.05, 4.69) is 52.9 Å². The summed E-state index contributed by atoms with van der Waals surface area (Å²) in [6, 6.07) is 16.6. The van der Waals surface area contributed by atoms with E-state index in [0.29, 0.717) is 19.5 Å². The maximum atomic E-state index is 11.9. The monoisotopic (exact) mass is 364 g/mol. The van der Waals surface area contributed by atoms with E-state index in [1.807, 2.05) is 23.1 Å². The van der Waals surface area contributed by atoms with Gasteiger partial charge in [0.05, 0.1) is 0 Å². The highest BCUT2D eigenvalue weighted by Gasteiger charge is 2.20. The fourth-order valence-corrected chi connectivity index (χ4v) is 3.35. The second-order valence-electron chi connectivity index (χ2n) is 6.89. The van der Waals surface area contributed by atoms with Crippen LogP contribution in [0.4, 0.5) is 0 Å². The molecule has 1 amide bonds. The van der Waals surface area contributed by atoms with Gasteiger partial charge in [0.25, 0.3) is 0 Å². The van der Waals surface area contributed by atoms with Crippen LogP contribution in [0.3, 0.4) is 0 Å². The van der Waals surface area contributed by atoms with Gasteiger partial charge >= 0.3 is 0 Å². The lowest BCUT2D eigenvalue weighted by molar-refractivity contribution is -0.128. The highest BCUT2D eigenvalue weighted by atomic mass is 16.2. The van der Waals surface area contributed by atoms with Gasteiger partial charge in [-0.25, -0.2) is 0 Å². The van der Waals surface area contributed by atoms with Gasteiger partial charge in [-0.2, -0.15) is 0 Å². The number of amides is 1. The Morgan fingerprint density at radius 3 is 2.26 bits per heavy atom. The van der Waals surface area contributed by atoms with Crippen LogP contribution in [0, 0.1) is 6.92 Å². The van der Waals surface area contributed by atoms with Crippen molar-refractivity contribution in [1.82, 2.24) is 15.5 Å². The van der Waals surface area contributed by atoms with E-state index in [0.717, 1.165) is 25.5 Å². The number of aliphatic imine (C=N–C) groups is 1. The molecule has 2 aromatic carbocycles. The first-order valence-corrected chi connectivity index (χ1v) is 9.51. The molecule has 0 bridgehead atoms. The zero-order chi connectivity index (χ0) is 19.1. The van der Waals surface area contributed by atoms with Crippen molar-refractivity contribution in [2.45, 2.75) is 39.4 Å². The molecule has 2 aromatic rings. The summed E-state index contributed by atoms with van der Waals surface area (Å²) in [6.07, 6.45) is 1.64. The zero-order valence-electron chi connectivity index (χ0n) is 16.2. The van der Waals surface area contributed by atoms with Crippen LogP contribution in [0.2, 0.25) is 0 Å². The van der Waals surface area contributed by atoms with E-state index in [-0.39, 0.29) is 5.91 Å². The number of hydrogen-bond acceptors (Lipinski definition) is 2. The lowest BCUT2D eigenvalue weighted by Crippen LogP contribution is -2.36. The molecule has 3 rings (SSSR count). The molecule has 0 aromatic heterocycles. The fourth-order valence-electron chi connectivity index (χ4n) is 3.35. The zero-order valence-corrected chi connectivity index (χ0v) is 16.2. The second-order valence-corrected chi connectivity index (χ2v) is 6.89. The molecule has 0 atom stereocenters. The third-order valence-electron chi connectivity index (χ3n) is 5.03. The quantitative estimate of drug-likeness (QED) is 0.612. The minimum atomic E-state index is 0.258. The first-order valence-electron chi connectivity index (χ1n) is 9.51. The van der Waals surface area contributed by atoms with Gasteiger partial charge in [0, 0.05) is 39.6 Å². The van der Waals surface area contributed by atoms with Crippen molar-refractivity contribution in [3.05, 3.63) is 70.8 Å². The lowest BCUT2D eigenvalue weighted by Gasteiger charge is -2.19. The highest BCUT2D eigenvalue weighted by molar-refractivity contribution is 5.79. The summed E-state index contributed by atoms with van der Waals surface area (Å²) in [5.41, 5.74) is 4.90. The molecule has 0 spiro atoms. The maximum absolute atomic E-state index is 11.9. The predicted molar refractivity (Wildman–Crippen MR) is 109 cm³/mol. The third kappa shape index (κ3) is 5.09. The number of benzene rings is 2. The van der Waals surface area contributed by atoms with Gasteiger partial charge in [0.15, 0.2) is 5.96 Å². The van der Waals surface area contributed by atoms with Crippen molar-refractivity contribution in [2.24, 2.45) is 4.99 Å². The van der Waals surface area contributed by atoms with E-state index in [1.165, 1.54) is 22.3 Å². The van der Waals surface area contributed by atoms with Crippen LogP contribution >= 0.6 is 0 Å². The van der Waals surface area contributed by atoms with Gasteiger partial charge in [-0.3, -0.25) is 9.79 Å². The minimum absolute atomic E-state index is 0.258. The summed E-state index contributed by atoms with van der Waals surface area (Å²) < 4.78 is 0. The highest BCUT2D eigenvalue weighted by Crippen LogP contribution is 2.17. The Labute approximate surface area is 161 Å². The Morgan fingerprint density at radius 2 is 1.63 bits per heavy atom. The Balaban J connectivity index is 1.58. The molecule has 5 heteroatoms. The summed E-state index contributed by atoms with van der Waals surface area (Å²) in [7, 11) is 1.78. The van der Waals surface area contributed by atoms with Crippen molar-refractivity contribution in [2.75, 3.05) is 13.6 Å². The van der Waals surface area contributed by atoms with E-state index in [4.69, 9.17) is 0 Å². The first-order chi connectivity index (χ1) is 13.2. The molecule has 1 saturated heterocycles. The third-order valence-corrected chi connectivity index (χ3v) is 5.03. The minimum Gasteiger partial charge on any atom is -0.352 e. The van der Waals surface area contributed by atoms with Crippen LogP contribution in [0.25, 0.3) is 0 Å². The Hall–Kier alpha value is -2.82. The summed E-state index contributed by atoms with van der Waals surface area (Å²) in [5, 5.41) is 6.76. The first kappa shape index (κ1) is 19.0. The number of likely N-dealkylation sites (tertiary alicyclic amines) is 1. The number of guanidine groups is 1. The molecule has 1 fully saturated rings. The van der Waals surface area contributed by atoms with Gasteiger partial charge in [-0.05, 0) is 35.6 Å². The average Bonchev–Trinajstić information content (AvgIpc) is 3.09. The van der Waals surface area contributed by atoms with Crippen LogP contribution in [-0.4, -0.2) is 30.4 Å². The molecular weight excluding hydrogens is 336 g/mol. The number of carbonyl (C=O) groups excluding carboxylic acids is 1. The molecule has 0 aliphatic carbocycles. The molecular formula is C22H28N4O. The van der Waals surface area contributed by atoms with E-state index >= 15 is 0 Å². The van der Waals surface area contributed by atoms with Gasteiger partial charge in [-0.1, -0.05) is 48.5 Å². The molecule has 1 aliphatic heterocycles. The molecule has 1 aliphatic rings. The van der Waals surface area contributed by atoms with Crippen LogP contribution in [0.5, 0.6) is 0 Å². The standard InChI is InChI=1S/C22H28N4O/c1-17-8-3-4-9-18(17)14-24-22(23-2)25-15-19-10-5-6-11-20(19)16-26-13-7-12-21(26)27/h3-6,8-11H,7,12-16H2,1-2H3,(H2,23,24,25). The largest absolute Gasteiger partial charge is 0.352 e. The van der Waals surface area contributed by atoms with Crippen LogP contribution in [0.15, 0.2) is 53.5 Å². The van der Waals surface area contributed by atoms with Crippen molar-refractivity contribution < 1.29 is 4.79 Å². The molecule has 2 N–H and O–H groups in total.